The summed E-state index contributed by atoms with van der Waals surface area (Å²) in [5.74, 6) is -1.13. The van der Waals surface area contributed by atoms with Crippen LogP contribution in [0.1, 0.15) is 53.7 Å². The normalized spacial score (nSPS) is 14.2. The van der Waals surface area contributed by atoms with Gasteiger partial charge in [0.05, 0.1) is 11.8 Å². The molecule has 8 nitrogen and oxygen atoms in total. The molecule has 0 aliphatic heterocycles. The summed E-state index contributed by atoms with van der Waals surface area (Å²) in [6.45, 7) is 6.82. The van der Waals surface area contributed by atoms with Gasteiger partial charge in [-0.15, -0.1) is 11.3 Å². The number of aliphatic hydroxyl groups excluding tert-OH is 2. The molecule has 1 aromatic heterocycles. The molecule has 2 atom stereocenters. The number of thiazole rings is 1. The lowest BCUT2D eigenvalue weighted by molar-refractivity contribution is 0.0121. The van der Waals surface area contributed by atoms with Gasteiger partial charge in [0, 0.05) is 6.54 Å². The van der Waals surface area contributed by atoms with Crippen LogP contribution in [0, 0.1) is 6.92 Å². The number of carbonyl (C=O) groups is 2. The molecule has 0 fully saturated rings. The Bertz CT molecular complexity index is 566. The maximum absolute atomic E-state index is 11.4. The number of hydrogen-bond donors (Lipinski definition) is 4. The van der Waals surface area contributed by atoms with E-state index >= 15 is 0 Å². The zero-order valence-corrected chi connectivity index (χ0v) is 14.3. The van der Waals surface area contributed by atoms with Crippen molar-refractivity contribution in [3.8, 4) is 0 Å². The maximum Gasteiger partial charge on any atom is 0.407 e. The molecule has 23 heavy (non-hydrogen) atoms. The summed E-state index contributed by atoms with van der Waals surface area (Å²) in [6, 6.07) is 0. The monoisotopic (exact) mass is 346 g/mol. The maximum atomic E-state index is 11.4. The van der Waals surface area contributed by atoms with Crippen molar-refractivity contribution in [1.82, 2.24) is 10.3 Å². The van der Waals surface area contributed by atoms with Gasteiger partial charge in [0.15, 0.2) is 0 Å². The van der Waals surface area contributed by atoms with Crippen molar-refractivity contribution < 1.29 is 29.6 Å². The number of amides is 1. The summed E-state index contributed by atoms with van der Waals surface area (Å²) in [6.07, 6.45) is -3.04. The van der Waals surface area contributed by atoms with Gasteiger partial charge in [-0.2, -0.15) is 0 Å². The van der Waals surface area contributed by atoms with E-state index in [2.05, 4.69) is 10.3 Å². The molecule has 4 N–H and O–H groups in total. The number of alkyl carbamates (subject to hydrolysis) is 1. The SMILES string of the molecule is Cc1nc(C(O)C(O)CCNC(=O)OC(C)(C)C)sc1C(=O)O. The first-order chi connectivity index (χ1) is 10.5. The Morgan fingerprint density at radius 1 is 1.35 bits per heavy atom. The summed E-state index contributed by atoms with van der Waals surface area (Å²) in [7, 11) is 0. The second-order valence-electron chi connectivity index (χ2n) is 6.00. The standard InChI is InChI=1S/C14H22N2O6S/c1-7-10(12(19)20)23-11(16-7)9(18)8(17)5-6-15-13(21)22-14(2,3)4/h8-9,17-18H,5-6H2,1-4H3,(H,15,21)(H,19,20). The number of aliphatic hydroxyl groups is 2. The van der Waals surface area contributed by atoms with Crippen LogP contribution in [0.15, 0.2) is 0 Å². The van der Waals surface area contributed by atoms with E-state index in [1.165, 1.54) is 6.92 Å². The number of aryl methyl sites for hydroxylation is 1. The van der Waals surface area contributed by atoms with Crippen LogP contribution in [0.3, 0.4) is 0 Å². The van der Waals surface area contributed by atoms with Gasteiger partial charge >= 0.3 is 12.1 Å². The fraction of sp³-hybridized carbons (Fsp3) is 0.643. The number of aromatic nitrogens is 1. The van der Waals surface area contributed by atoms with Crippen LogP contribution in [0.5, 0.6) is 0 Å². The van der Waals surface area contributed by atoms with Crippen LogP contribution in [0.25, 0.3) is 0 Å². The molecule has 0 saturated heterocycles. The Morgan fingerprint density at radius 3 is 2.43 bits per heavy atom. The molecule has 1 aromatic rings. The summed E-state index contributed by atoms with van der Waals surface area (Å²) >= 11 is 0.819. The van der Waals surface area contributed by atoms with Gasteiger partial charge in [0.25, 0.3) is 0 Å². The predicted molar refractivity (Wildman–Crippen MR) is 83.6 cm³/mol. The highest BCUT2D eigenvalue weighted by molar-refractivity contribution is 7.13. The molecular formula is C14H22N2O6S. The third-order valence-corrected chi connectivity index (χ3v) is 3.95. The molecule has 0 radical (unpaired) electrons. The second-order valence-corrected chi connectivity index (χ2v) is 7.03. The Hall–Kier alpha value is -1.71. The highest BCUT2D eigenvalue weighted by Crippen LogP contribution is 2.26. The molecule has 9 heteroatoms. The highest BCUT2D eigenvalue weighted by Gasteiger charge is 2.25. The zero-order chi connectivity index (χ0) is 17.8. The van der Waals surface area contributed by atoms with Crippen molar-refractivity contribution in [3.05, 3.63) is 15.6 Å². The van der Waals surface area contributed by atoms with Crippen molar-refractivity contribution in [1.29, 1.82) is 0 Å². The van der Waals surface area contributed by atoms with Crippen molar-refractivity contribution in [3.63, 3.8) is 0 Å². The van der Waals surface area contributed by atoms with E-state index in [0.29, 0.717) is 0 Å². The molecule has 0 bridgehead atoms. The van der Waals surface area contributed by atoms with E-state index in [9.17, 15) is 19.8 Å². The molecule has 130 valence electrons. The lowest BCUT2D eigenvalue weighted by Crippen LogP contribution is -2.34. The number of nitrogens with one attached hydrogen (secondary N) is 1. The molecule has 1 heterocycles. The average Bonchev–Trinajstić information content (AvgIpc) is 2.77. The average molecular weight is 346 g/mol. The van der Waals surface area contributed by atoms with Gasteiger partial charge in [-0.25, -0.2) is 14.6 Å². The van der Waals surface area contributed by atoms with E-state index in [4.69, 9.17) is 9.84 Å². The number of hydrogen-bond acceptors (Lipinski definition) is 7. The molecule has 2 unspecified atom stereocenters. The number of rotatable bonds is 6. The van der Waals surface area contributed by atoms with E-state index in [-0.39, 0.29) is 28.5 Å². The fourth-order valence-electron chi connectivity index (χ4n) is 1.70. The first kappa shape index (κ1) is 19.3. The Balaban J connectivity index is 2.51. The van der Waals surface area contributed by atoms with E-state index in [0.717, 1.165) is 11.3 Å². The molecule has 0 saturated carbocycles. The minimum absolute atomic E-state index is 0.0260. The number of carboxylic acid groups (broad SMARTS) is 1. The van der Waals surface area contributed by atoms with Crippen LogP contribution in [-0.2, 0) is 4.74 Å². The van der Waals surface area contributed by atoms with Gasteiger partial charge in [-0.3, -0.25) is 0 Å². The van der Waals surface area contributed by atoms with Gasteiger partial charge < -0.3 is 25.4 Å². The quantitative estimate of drug-likeness (QED) is 0.613. The van der Waals surface area contributed by atoms with Gasteiger partial charge in [-0.1, -0.05) is 0 Å². The molecule has 0 spiro atoms. The fourth-order valence-corrected chi connectivity index (χ4v) is 2.65. The second kappa shape index (κ2) is 7.71. The third kappa shape index (κ3) is 6.12. The molecule has 1 amide bonds. The molecule has 0 aliphatic rings. The zero-order valence-electron chi connectivity index (χ0n) is 13.5. The van der Waals surface area contributed by atoms with Crippen molar-refractivity contribution in [2.24, 2.45) is 0 Å². The topological polar surface area (TPSA) is 129 Å². The van der Waals surface area contributed by atoms with Crippen LogP contribution in [-0.4, -0.2) is 50.6 Å². The Kier molecular flexibility index (Phi) is 6.48. The smallest absolute Gasteiger partial charge is 0.407 e. The van der Waals surface area contributed by atoms with Crippen LogP contribution < -0.4 is 5.32 Å². The van der Waals surface area contributed by atoms with Gasteiger partial charge in [0.1, 0.15) is 21.6 Å². The molecule has 1 rings (SSSR count). The molecular weight excluding hydrogens is 324 g/mol. The third-order valence-electron chi connectivity index (χ3n) is 2.73. The minimum atomic E-state index is -1.31. The summed E-state index contributed by atoms with van der Waals surface area (Å²) in [4.78, 5) is 26.4. The first-order valence-corrected chi connectivity index (χ1v) is 7.86. The molecule has 0 aliphatic carbocycles. The number of ether oxygens (including phenoxy) is 1. The number of carboxylic acids is 1. The Labute approximate surface area is 138 Å². The number of carbonyl (C=O) groups excluding carboxylic acids is 1. The number of aromatic carboxylic acids is 1. The van der Waals surface area contributed by atoms with Crippen molar-refractivity contribution in [2.45, 2.75) is 51.9 Å². The van der Waals surface area contributed by atoms with Crippen LogP contribution in [0.4, 0.5) is 4.79 Å². The number of nitrogens with zero attached hydrogens (tertiary/aromatic N) is 1. The van der Waals surface area contributed by atoms with Crippen molar-refractivity contribution >= 4 is 23.4 Å². The van der Waals surface area contributed by atoms with E-state index in [1.54, 1.807) is 20.8 Å². The lowest BCUT2D eigenvalue weighted by atomic mass is 10.1. The van der Waals surface area contributed by atoms with Crippen LogP contribution in [0.2, 0.25) is 0 Å². The predicted octanol–water partition coefficient (Wildman–Crippen LogP) is 1.46. The Morgan fingerprint density at radius 2 is 1.96 bits per heavy atom. The highest BCUT2D eigenvalue weighted by atomic mass is 32.1. The van der Waals surface area contributed by atoms with Gasteiger partial charge in [0.2, 0.25) is 0 Å². The summed E-state index contributed by atoms with van der Waals surface area (Å²) in [5, 5.41) is 31.5. The minimum Gasteiger partial charge on any atom is -0.477 e. The summed E-state index contributed by atoms with van der Waals surface area (Å²) < 4.78 is 5.04. The summed E-state index contributed by atoms with van der Waals surface area (Å²) in [5.41, 5.74) is -0.330. The first-order valence-electron chi connectivity index (χ1n) is 7.05. The van der Waals surface area contributed by atoms with E-state index < -0.39 is 29.9 Å². The van der Waals surface area contributed by atoms with Gasteiger partial charge in [-0.05, 0) is 34.1 Å². The largest absolute Gasteiger partial charge is 0.477 e. The lowest BCUT2D eigenvalue weighted by Gasteiger charge is -2.20. The van der Waals surface area contributed by atoms with E-state index in [1.807, 2.05) is 0 Å². The van der Waals surface area contributed by atoms with Crippen LogP contribution >= 0.6 is 11.3 Å². The van der Waals surface area contributed by atoms with Crippen molar-refractivity contribution in [2.75, 3.05) is 6.54 Å². The molecule has 0 aromatic carbocycles.